The van der Waals surface area contributed by atoms with Gasteiger partial charge in [-0.15, -0.1) is 0 Å². The number of rotatable bonds is 5. The minimum absolute atomic E-state index is 0.0514. The normalized spacial score (nSPS) is 11.6. The Kier molecular flexibility index (Phi) is 5.22. The van der Waals surface area contributed by atoms with E-state index < -0.39 is 27.2 Å². The molecule has 12 heteroatoms. The van der Waals surface area contributed by atoms with Crippen LogP contribution in [0.4, 0.5) is 8.78 Å². The predicted molar refractivity (Wildman–Crippen MR) is 96.3 cm³/mol. The van der Waals surface area contributed by atoms with Gasteiger partial charge in [0.25, 0.3) is 15.6 Å². The van der Waals surface area contributed by atoms with E-state index in [9.17, 15) is 22.0 Å². The molecule has 0 unspecified atom stereocenters. The summed E-state index contributed by atoms with van der Waals surface area (Å²) >= 11 is 6.03. The number of ether oxygens (including phenoxy) is 1. The summed E-state index contributed by atoms with van der Waals surface area (Å²) in [6.07, 6.45) is 3.26. The summed E-state index contributed by atoms with van der Waals surface area (Å²) in [5, 5.41) is 3.30. The van der Waals surface area contributed by atoms with E-state index in [1.807, 2.05) is 0 Å². The van der Waals surface area contributed by atoms with Crippen molar-refractivity contribution in [3.8, 4) is 11.6 Å². The second-order valence-corrected chi connectivity index (χ2v) is 8.00. The Morgan fingerprint density at radius 2 is 2.00 bits per heavy atom. The summed E-state index contributed by atoms with van der Waals surface area (Å²) in [6, 6.07) is 2.97. The first kappa shape index (κ1) is 20.0. The molecular formula is C16H13ClF2N4O4S. The van der Waals surface area contributed by atoms with Crippen LogP contribution < -0.4 is 10.3 Å². The molecule has 0 bridgehead atoms. The van der Waals surface area contributed by atoms with Crippen molar-refractivity contribution in [1.82, 2.24) is 18.7 Å². The van der Waals surface area contributed by atoms with Gasteiger partial charge in [-0.1, -0.05) is 11.6 Å². The maximum Gasteiger partial charge on any atom is 0.280 e. The van der Waals surface area contributed by atoms with Gasteiger partial charge < -0.3 is 4.74 Å². The van der Waals surface area contributed by atoms with E-state index in [0.29, 0.717) is 10.2 Å². The lowest BCUT2D eigenvalue weighted by atomic mass is 10.2. The van der Waals surface area contributed by atoms with Crippen LogP contribution >= 0.6 is 11.6 Å². The van der Waals surface area contributed by atoms with Gasteiger partial charge in [0.15, 0.2) is 5.02 Å². The van der Waals surface area contributed by atoms with Gasteiger partial charge in [0, 0.05) is 11.6 Å². The largest absolute Gasteiger partial charge is 0.471 e. The lowest BCUT2D eigenvalue weighted by Crippen LogP contribution is -2.23. The molecule has 0 fully saturated rings. The lowest BCUT2D eigenvalue weighted by molar-refractivity contribution is 0.285. The molecule has 0 amide bonds. The first-order chi connectivity index (χ1) is 13.1. The van der Waals surface area contributed by atoms with Crippen LogP contribution in [0.2, 0.25) is 5.02 Å². The maximum absolute atomic E-state index is 13.7. The van der Waals surface area contributed by atoms with E-state index in [1.165, 1.54) is 19.2 Å². The molecule has 2 aromatic heterocycles. The van der Waals surface area contributed by atoms with Crippen LogP contribution in [-0.4, -0.2) is 33.4 Å². The number of halogens is 3. The standard InChI is InChI=1S/C16H13ClF2N4O4S/c1-9-21-15(27-8-10-3-4-11(18)5-13(10)19)14(17)16(24)23(9)12-6-20-22(7-12)28(2,25)26/h3-7H,8H2,1-2H3. The summed E-state index contributed by atoms with van der Waals surface area (Å²) in [7, 11) is -3.63. The second-order valence-electron chi connectivity index (χ2n) is 5.78. The van der Waals surface area contributed by atoms with Gasteiger partial charge in [0.2, 0.25) is 5.88 Å². The number of hydrogen-bond acceptors (Lipinski definition) is 6. The second kappa shape index (κ2) is 7.32. The zero-order chi connectivity index (χ0) is 20.6. The van der Waals surface area contributed by atoms with Crippen molar-refractivity contribution in [1.29, 1.82) is 0 Å². The zero-order valence-corrected chi connectivity index (χ0v) is 16.1. The van der Waals surface area contributed by atoms with Crippen LogP contribution in [0.15, 0.2) is 35.4 Å². The Morgan fingerprint density at radius 3 is 2.61 bits per heavy atom. The number of aromatic nitrogens is 4. The fourth-order valence-electron chi connectivity index (χ4n) is 2.36. The highest BCUT2D eigenvalue weighted by molar-refractivity contribution is 7.89. The maximum atomic E-state index is 13.7. The van der Waals surface area contributed by atoms with Crippen LogP contribution in [-0.2, 0) is 16.6 Å². The van der Waals surface area contributed by atoms with Gasteiger partial charge in [-0.3, -0.25) is 9.36 Å². The van der Waals surface area contributed by atoms with Gasteiger partial charge in [0.05, 0.1) is 24.3 Å². The van der Waals surface area contributed by atoms with Crippen LogP contribution in [0.3, 0.4) is 0 Å². The SMILES string of the molecule is Cc1nc(OCc2ccc(F)cc2F)c(Cl)c(=O)n1-c1cnn(S(C)(=O)=O)c1. The molecule has 0 aliphatic carbocycles. The summed E-state index contributed by atoms with van der Waals surface area (Å²) in [5.41, 5.74) is -0.536. The third kappa shape index (κ3) is 3.90. The lowest BCUT2D eigenvalue weighted by Gasteiger charge is -2.12. The summed E-state index contributed by atoms with van der Waals surface area (Å²) < 4.78 is 56.8. The van der Waals surface area contributed by atoms with E-state index in [0.717, 1.165) is 23.1 Å². The number of aryl methyl sites for hydroxylation is 1. The van der Waals surface area contributed by atoms with Crippen molar-refractivity contribution >= 4 is 21.6 Å². The predicted octanol–water partition coefficient (Wildman–Crippen LogP) is 2.06. The summed E-state index contributed by atoms with van der Waals surface area (Å²) in [6.45, 7) is 1.15. The van der Waals surface area contributed by atoms with Crippen LogP contribution in [0.25, 0.3) is 5.69 Å². The summed E-state index contributed by atoms with van der Waals surface area (Å²) in [5.74, 6) is -1.64. The minimum atomic E-state index is -3.63. The molecule has 1 aromatic carbocycles. The van der Waals surface area contributed by atoms with Crippen LogP contribution in [0, 0.1) is 18.6 Å². The van der Waals surface area contributed by atoms with Crippen molar-refractivity contribution in [2.45, 2.75) is 13.5 Å². The van der Waals surface area contributed by atoms with Gasteiger partial charge in [-0.25, -0.2) is 17.2 Å². The third-order valence-electron chi connectivity index (χ3n) is 3.69. The molecule has 3 aromatic rings. The van der Waals surface area contributed by atoms with Crippen molar-refractivity contribution in [2.75, 3.05) is 6.26 Å². The molecule has 0 saturated carbocycles. The smallest absolute Gasteiger partial charge is 0.280 e. The fraction of sp³-hybridized carbons (Fsp3) is 0.188. The fourth-order valence-corrected chi connectivity index (χ4v) is 3.06. The van der Waals surface area contributed by atoms with Crippen LogP contribution in [0.5, 0.6) is 5.88 Å². The molecule has 0 spiro atoms. The molecule has 0 N–H and O–H groups in total. The van der Waals surface area contributed by atoms with Gasteiger partial charge in [-0.2, -0.15) is 14.2 Å². The van der Waals surface area contributed by atoms with E-state index >= 15 is 0 Å². The quantitative estimate of drug-likeness (QED) is 0.614. The van der Waals surface area contributed by atoms with E-state index in [1.54, 1.807) is 0 Å². The average Bonchev–Trinajstić information content (AvgIpc) is 3.08. The molecule has 3 rings (SSSR count). The van der Waals surface area contributed by atoms with Gasteiger partial charge in [0.1, 0.15) is 24.1 Å². The Bertz CT molecular complexity index is 1220. The highest BCUT2D eigenvalue weighted by Crippen LogP contribution is 2.21. The Balaban J connectivity index is 1.94. The molecule has 148 valence electrons. The first-order valence-electron chi connectivity index (χ1n) is 7.69. The van der Waals surface area contributed by atoms with Gasteiger partial charge >= 0.3 is 0 Å². The molecular weight excluding hydrogens is 418 g/mol. The van der Waals surface area contributed by atoms with Crippen molar-refractivity contribution in [3.05, 3.63) is 69.0 Å². The highest BCUT2D eigenvalue weighted by atomic mass is 35.5. The summed E-state index contributed by atoms with van der Waals surface area (Å²) in [4.78, 5) is 16.7. The minimum Gasteiger partial charge on any atom is -0.471 e. The monoisotopic (exact) mass is 430 g/mol. The molecule has 0 saturated heterocycles. The molecule has 0 radical (unpaired) electrons. The topological polar surface area (TPSA) is 96.1 Å². The Labute approximate surface area is 163 Å². The molecule has 0 aliphatic heterocycles. The van der Waals surface area contributed by atoms with E-state index in [2.05, 4.69) is 10.1 Å². The third-order valence-corrected chi connectivity index (χ3v) is 4.89. The number of hydrogen-bond donors (Lipinski definition) is 0. The molecule has 2 heterocycles. The molecule has 8 nitrogen and oxygen atoms in total. The average molecular weight is 431 g/mol. The van der Waals surface area contributed by atoms with Crippen molar-refractivity contribution < 1.29 is 21.9 Å². The van der Waals surface area contributed by atoms with Crippen molar-refractivity contribution in [2.24, 2.45) is 0 Å². The first-order valence-corrected chi connectivity index (χ1v) is 9.92. The van der Waals surface area contributed by atoms with E-state index in [4.69, 9.17) is 16.3 Å². The Morgan fingerprint density at radius 1 is 1.29 bits per heavy atom. The number of benzene rings is 1. The molecule has 28 heavy (non-hydrogen) atoms. The Hall–Kier alpha value is -2.79. The van der Waals surface area contributed by atoms with Crippen molar-refractivity contribution in [3.63, 3.8) is 0 Å². The van der Waals surface area contributed by atoms with Crippen LogP contribution in [0.1, 0.15) is 11.4 Å². The molecule has 0 aliphatic rings. The molecule has 0 atom stereocenters. The zero-order valence-electron chi connectivity index (χ0n) is 14.6. The van der Waals surface area contributed by atoms with Gasteiger partial charge in [-0.05, 0) is 19.1 Å². The van der Waals surface area contributed by atoms with E-state index in [-0.39, 0.29) is 34.6 Å². The highest BCUT2D eigenvalue weighted by Gasteiger charge is 2.18. The number of nitrogens with zero attached hydrogens (tertiary/aromatic N) is 4.